The molecule has 2 nitrogen and oxygen atoms in total. The average Bonchev–Trinajstić information content (AvgIpc) is 2.71. The minimum absolute atomic E-state index is 0.0242. The van der Waals surface area contributed by atoms with E-state index in [0.29, 0.717) is 18.6 Å². The molecule has 0 fully saturated rings. The van der Waals surface area contributed by atoms with Gasteiger partial charge in [-0.05, 0) is 41.4 Å². The molecule has 0 saturated heterocycles. The number of rotatable bonds is 4. The van der Waals surface area contributed by atoms with Crippen molar-refractivity contribution in [3.63, 3.8) is 0 Å². The molecule has 17 heavy (non-hydrogen) atoms. The molecule has 0 bridgehead atoms. The molecule has 0 aliphatic heterocycles. The van der Waals surface area contributed by atoms with Gasteiger partial charge >= 0.3 is 0 Å². The molecule has 1 aromatic heterocycles. The first-order valence-electron chi connectivity index (χ1n) is 5.43. The number of furan rings is 1. The van der Waals surface area contributed by atoms with Crippen molar-refractivity contribution in [2.75, 3.05) is 0 Å². The average molecular weight is 293 g/mol. The van der Waals surface area contributed by atoms with Crippen LogP contribution in [0.4, 0.5) is 0 Å². The van der Waals surface area contributed by atoms with E-state index in [1.54, 1.807) is 6.07 Å². The van der Waals surface area contributed by atoms with E-state index in [1.807, 2.05) is 25.1 Å². The van der Waals surface area contributed by atoms with Crippen molar-refractivity contribution in [3.8, 4) is 0 Å². The number of halogens is 1. The van der Waals surface area contributed by atoms with Gasteiger partial charge in [-0.2, -0.15) is 0 Å². The maximum absolute atomic E-state index is 11.9. The summed E-state index contributed by atoms with van der Waals surface area (Å²) in [5.74, 6) is 0.448. The van der Waals surface area contributed by atoms with Crippen LogP contribution in [0.25, 0.3) is 11.0 Å². The molecule has 2 rings (SSSR count). The van der Waals surface area contributed by atoms with E-state index >= 15 is 0 Å². The smallest absolute Gasteiger partial charge is 0.198 e. The Balaban J connectivity index is 2.27. The van der Waals surface area contributed by atoms with Gasteiger partial charge in [0.15, 0.2) is 11.5 Å². The Morgan fingerprint density at radius 3 is 2.82 bits per heavy atom. The molecule has 0 atom stereocenters. The Hall–Kier alpha value is -1.35. The molecule has 0 N–H and O–H groups in total. The first-order valence-corrected chi connectivity index (χ1v) is 6.23. The number of para-hydroxylation sites is 1. The largest absolute Gasteiger partial charge is 0.452 e. The number of hydrogen-bond donors (Lipinski definition) is 0. The predicted octanol–water partition coefficient (Wildman–Crippen LogP) is 4.73. The first kappa shape index (κ1) is 12.1. The van der Waals surface area contributed by atoms with Gasteiger partial charge in [-0.1, -0.05) is 17.7 Å². The highest BCUT2D eigenvalue weighted by molar-refractivity contribution is 9.10. The highest BCUT2D eigenvalue weighted by Gasteiger charge is 2.13. The third kappa shape index (κ3) is 2.67. The summed E-state index contributed by atoms with van der Waals surface area (Å²) < 4.78 is 6.44. The summed E-state index contributed by atoms with van der Waals surface area (Å²) in [6.07, 6.45) is 1.16. The van der Waals surface area contributed by atoms with Crippen molar-refractivity contribution in [1.29, 1.82) is 0 Å². The Bertz CT molecular complexity index is 581. The third-order valence-electron chi connectivity index (χ3n) is 2.55. The zero-order valence-electron chi connectivity index (χ0n) is 9.63. The van der Waals surface area contributed by atoms with E-state index in [0.717, 1.165) is 21.0 Å². The van der Waals surface area contributed by atoms with Crippen molar-refractivity contribution in [2.45, 2.75) is 19.8 Å². The lowest BCUT2D eigenvalue weighted by Gasteiger charge is -1.96. The van der Waals surface area contributed by atoms with Crippen LogP contribution in [-0.4, -0.2) is 5.78 Å². The normalized spacial score (nSPS) is 10.7. The predicted molar refractivity (Wildman–Crippen MR) is 72.3 cm³/mol. The molecule has 0 spiro atoms. The summed E-state index contributed by atoms with van der Waals surface area (Å²) in [5.41, 5.74) is 1.74. The van der Waals surface area contributed by atoms with Gasteiger partial charge in [0, 0.05) is 11.8 Å². The van der Waals surface area contributed by atoms with Gasteiger partial charge in [0.1, 0.15) is 5.58 Å². The van der Waals surface area contributed by atoms with Crippen LogP contribution in [-0.2, 0) is 0 Å². The van der Waals surface area contributed by atoms with Crippen LogP contribution < -0.4 is 0 Å². The lowest BCUT2D eigenvalue weighted by atomic mass is 10.1. The van der Waals surface area contributed by atoms with Gasteiger partial charge in [-0.15, -0.1) is 6.58 Å². The third-order valence-corrected chi connectivity index (χ3v) is 3.17. The molecule has 1 aromatic carbocycles. The fourth-order valence-corrected chi connectivity index (χ4v) is 2.08. The van der Waals surface area contributed by atoms with E-state index in [9.17, 15) is 4.79 Å². The van der Waals surface area contributed by atoms with Crippen molar-refractivity contribution in [3.05, 3.63) is 46.7 Å². The summed E-state index contributed by atoms with van der Waals surface area (Å²) in [7, 11) is 0. The van der Waals surface area contributed by atoms with Crippen LogP contribution in [0.3, 0.4) is 0 Å². The first-order chi connectivity index (χ1) is 8.08. The van der Waals surface area contributed by atoms with Crippen LogP contribution in [0, 0.1) is 0 Å². The second-order valence-electron chi connectivity index (χ2n) is 4.15. The Morgan fingerprint density at radius 2 is 2.18 bits per heavy atom. The zero-order chi connectivity index (χ0) is 12.4. The lowest BCUT2D eigenvalue weighted by molar-refractivity contribution is 0.0958. The lowest BCUT2D eigenvalue weighted by Crippen LogP contribution is -1.96. The standard InChI is InChI=1S/C14H13BrO2/c1-9(2)6-7-12(16)13-8-10-4-3-5-11(15)14(10)17-13/h3-5,8H,1,6-7H2,2H3. The Kier molecular flexibility index (Phi) is 3.48. The summed E-state index contributed by atoms with van der Waals surface area (Å²) in [6, 6.07) is 7.54. The second kappa shape index (κ2) is 4.88. The minimum atomic E-state index is 0.0242. The van der Waals surface area contributed by atoms with Crippen LogP contribution in [0.2, 0.25) is 0 Å². The molecular formula is C14H13BrO2. The van der Waals surface area contributed by atoms with Crippen molar-refractivity contribution in [1.82, 2.24) is 0 Å². The van der Waals surface area contributed by atoms with Crippen LogP contribution in [0.5, 0.6) is 0 Å². The molecule has 0 saturated carbocycles. The number of benzene rings is 1. The van der Waals surface area contributed by atoms with Gasteiger partial charge in [-0.3, -0.25) is 4.79 Å². The minimum Gasteiger partial charge on any atom is -0.452 e. The number of allylic oxidation sites excluding steroid dienone is 1. The van der Waals surface area contributed by atoms with Crippen LogP contribution >= 0.6 is 15.9 Å². The highest BCUT2D eigenvalue weighted by Crippen LogP contribution is 2.27. The highest BCUT2D eigenvalue weighted by atomic mass is 79.9. The summed E-state index contributed by atoms with van der Waals surface area (Å²) in [6.45, 7) is 5.71. The second-order valence-corrected chi connectivity index (χ2v) is 5.00. The van der Waals surface area contributed by atoms with Crippen molar-refractivity contribution < 1.29 is 9.21 Å². The quantitative estimate of drug-likeness (QED) is 0.602. The van der Waals surface area contributed by atoms with E-state index in [4.69, 9.17) is 4.42 Å². The van der Waals surface area contributed by atoms with Crippen LogP contribution in [0.15, 0.2) is 45.3 Å². The fraction of sp³-hybridized carbons (Fsp3) is 0.214. The monoisotopic (exact) mass is 292 g/mol. The molecule has 0 aliphatic carbocycles. The molecule has 1 heterocycles. The maximum Gasteiger partial charge on any atom is 0.198 e. The number of ketones is 1. The van der Waals surface area contributed by atoms with E-state index in [-0.39, 0.29) is 5.78 Å². The molecule has 0 radical (unpaired) electrons. The van der Waals surface area contributed by atoms with Gasteiger partial charge in [-0.25, -0.2) is 0 Å². The van der Waals surface area contributed by atoms with Gasteiger partial charge < -0.3 is 4.42 Å². The fourth-order valence-electron chi connectivity index (χ4n) is 1.62. The topological polar surface area (TPSA) is 30.2 Å². The summed E-state index contributed by atoms with van der Waals surface area (Å²) in [4.78, 5) is 11.9. The molecular weight excluding hydrogens is 280 g/mol. The number of hydrogen-bond acceptors (Lipinski definition) is 2. The van der Waals surface area contributed by atoms with Gasteiger partial charge in [0.05, 0.1) is 4.47 Å². The Labute approximate surface area is 108 Å². The molecule has 2 aromatic rings. The number of fused-ring (bicyclic) bond motifs is 1. The van der Waals surface area contributed by atoms with E-state index < -0.39 is 0 Å². The SMILES string of the molecule is C=C(C)CCC(=O)c1cc2cccc(Br)c2o1. The van der Waals surface area contributed by atoms with Crippen LogP contribution in [0.1, 0.15) is 30.3 Å². The van der Waals surface area contributed by atoms with Gasteiger partial charge in [0.2, 0.25) is 0 Å². The molecule has 3 heteroatoms. The molecule has 88 valence electrons. The summed E-state index contributed by atoms with van der Waals surface area (Å²) >= 11 is 3.40. The van der Waals surface area contributed by atoms with Gasteiger partial charge in [0.25, 0.3) is 0 Å². The molecule has 0 aliphatic rings. The van der Waals surface area contributed by atoms with E-state index in [2.05, 4.69) is 22.5 Å². The zero-order valence-corrected chi connectivity index (χ0v) is 11.2. The van der Waals surface area contributed by atoms with Crippen molar-refractivity contribution in [2.24, 2.45) is 0 Å². The Morgan fingerprint density at radius 1 is 1.41 bits per heavy atom. The molecule has 0 unspecified atom stereocenters. The number of carbonyl (C=O) groups is 1. The number of carbonyl (C=O) groups excluding carboxylic acids is 1. The maximum atomic E-state index is 11.9. The summed E-state index contributed by atoms with van der Waals surface area (Å²) in [5, 5.41) is 0.943. The molecule has 0 amide bonds. The van der Waals surface area contributed by atoms with E-state index in [1.165, 1.54) is 0 Å². The van der Waals surface area contributed by atoms with Crippen molar-refractivity contribution >= 4 is 32.7 Å². The number of Topliss-reactive ketones (excluding diaryl/α,β-unsaturated/α-hetero) is 1.